The van der Waals surface area contributed by atoms with E-state index in [2.05, 4.69) is 10.2 Å². The van der Waals surface area contributed by atoms with Gasteiger partial charge >= 0.3 is 0 Å². The van der Waals surface area contributed by atoms with Crippen LogP contribution in [0.2, 0.25) is 0 Å². The first-order valence-corrected chi connectivity index (χ1v) is 5.53. The van der Waals surface area contributed by atoms with Gasteiger partial charge in [0.2, 0.25) is 0 Å². The van der Waals surface area contributed by atoms with E-state index in [0.29, 0.717) is 0 Å². The zero-order valence-electron chi connectivity index (χ0n) is 8.54. The van der Waals surface area contributed by atoms with Crippen molar-refractivity contribution in [3.05, 3.63) is 24.4 Å². The second-order valence-electron chi connectivity index (χ2n) is 3.28. The standard InChI is InChI=1S/C10H11N3OS/c1-7(14)8(2)15-10-12-11-9-5-3-4-6-13(9)10/h3-6,8H,1-2H3. The number of hydrogen-bond donors (Lipinski definition) is 0. The Morgan fingerprint density at radius 2 is 2.27 bits per heavy atom. The Labute approximate surface area is 91.7 Å². The van der Waals surface area contributed by atoms with Gasteiger partial charge in [-0.25, -0.2) is 0 Å². The van der Waals surface area contributed by atoms with Crippen LogP contribution >= 0.6 is 11.8 Å². The molecular weight excluding hydrogens is 210 g/mol. The van der Waals surface area contributed by atoms with E-state index in [0.717, 1.165) is 10.8 Å². The fourth-order valence-electron chi connectivity index (χ4n) is 1.14. The van der Waals surface area contributed by atoms with Gasteiger partial charge in [-0.05, 0) is 26.0 Å². The Morgan fingerprint density at radius 3 is 3.00 bits per heavy atom. The lowest BCUT2D eigenvalue weighted by atomic mass is 10.3. The van der Waals surface area contributed by atoms with Crippen molar-refractivity contribution >= 4 is 23.2 Å². The zero-order valence-corrected chi connectivity index (χ0v) is 9.36. The lowest BCUT2D eigenvalue weighted by Crippen LogP contribution is -2.08. The van der Waals surface area contributed by atoms with Crippen molar-refractivity contribution in [3.63, 3.8) is 0 Å². The average Bonchev–Trinajstić information content (AvgIpc) is 2.62. The molecule has 1 unspecified atom stereocenters. The van der Waals surface area contributed by atoms with Crippen molar-refractivity contribution < 1.29 is 4.79 Å². The van der Waals surface area contributed by atoms with Gasteiger partial charge in [0.15, 0.2) is 10.8 Å². The number of ketones is 1. The molecule has 0 bridgehead atoms. The number of thioether (sulfide) groups is 1. The number of carbonyl (C=O) groups excluding carboxylic acids is 1. The summed E-state index contributed by atoms with van der Waals surface area (Å²) in [5, 5.41) is 8.73. The molecule has 0 saturated carbocycles. The van der Waals surface area contributed by atoms with Crippen molar-refractivity contribution in [1.29, 1.82) is 0 Å². The summed E-state index contributed by atoms with van der Waals surface area (Å²) in [5.41, 5.74) is 0.802. The molecule has 78 valence electrons. The summed E-state index contributed by atoms with van der Waals surface area (Å²) < 4.78 is 1.88. The Balaban J connectivity index is 2.32. The summed E-state index contributed by atoms with van der Waals surface area (Å²) in [6.07, 6.45) is 1.89. The van der Waals surface area contributed by atoms with Crippen LogP contribution in [0.3, 0.4) is 0 Å². The Kier molecular flexibility index (Phi) is 2.73. The van der Waals surface area contributed by atoms with Crippen LogP contribution in [-0.2, 0) is 4.79 Å². The highest BCUT2D eigenvalue weighted by atomic mass is 32.2. The first-order chi connectivity index (χ1) is 7.18. The van der Waals surface area contributed by atoms with Crippen LogP contribution in [0, 0.1) is 0 Å². The zero-order chi connectivity index (χ0) is 10.8. The van der Waals surface area contributed by atoms with E-state index in [4.69, 9.17) is 0 Å². The minimum atomic E-state index is -0.0855. The molecule has 0 aliphatic rings. The van der Waals surface area contributed by atoms with Gasteiger partial charge in [-0.2, -0.15) is 0 Å². The van der Waals surface area contributed by atoms with E-state index < -0.39 is 0 Å². The molecule has 0 aliphatic heterocycles. The SMILES string of the molecule is CC(=O)C(C)Sc1nnc2ccccn12. The molecular formula is C10H11N3OS. The first kappa shape index (κ1) is 10.2. The number of Topliss-reactive ketones (excluding diaryl/α,β-unsaturated/α-hetero) is 1. The second-order valence-corrected chi connectivity index (χ2v) is 4.59. The fraction of sp³-hybridized carbons (Fsp3) is 0.300. The van der Waals surface area contributed by atoms with Gasteiger partial charge in [-0.15, -0.1) is 10.2 Å². The van der Waals surface area contributed by atoms with E-state index in [1.165, 1.54) is 11.8 Å². The predicted molar refractivity (Wildman–Crippen MR) is 59.0 cm³/mol. The van der Waals surface area contributed by atoms with Crippen molar-refractivity contribution in [2.75, 3.05) is 0 Å². The summed E-state index contributed by atoms with van der Waals surface area (Å²) >= 11 is 1.43. The third kappa shape index (κ3) is 2.02. The number of nitrogens with zero attached hydrogens (tertiary/aromatic N) is 3. The maximum atomic E-state index is 11.1. The molecule has 0 amide bonds. The van der Waals surface area contributed by atoms with Crippen LogP contribution in [0.25, 0.3) is 5.65 Å². The monoisotopic (exact) mass is 221 g/mol. The molecule has 0 spiro atoms. The number of aromatic nitrogens is 3. The summed E-state index contributed by atoms with van der Waals surface area (Å²) in [6.45, 7) is 3.46. The molecule has 0 N–H and O–H groups in total. The van der Waals surface area contributed by atoms with Gasteiger partial charge in [0, 0.05) is 6.20 Å². The number of carbonyl (C=O) groups is 1. The maximum absolute atomic E-state index is 11.1. The first-order valence-electron chi connectivity index (χ1n) is 4.65. The van der Waals surface area contributed by atoms with E-state index in [1.807, 2.05) is 35.7 Å². The highest BCUT2D eigenvalue weighted by Gasteiger charge is 2.13. The molecule has 4 nitrogen and oxygen atoms in total. The summed E-state index contributed by atoms with van der Waals surface area (Å²) in [5.74, 6) is 0.146. The van der Waals surface area contributed by atoms with Crippen molar-refractivity contribution in [2.45, 2.75) is 24.3 Å². The summed E-state index contributed by atoms with van der Waals surface area (Å²) in [7, 11) is 0. The molecule has 15 heavy (non-hydrogen) atoms. The molecule has 0 fully saturated rings. The normalized spacial score (nSPS) is 12.9. The molecule has 0 aromatic carbocycles. The third-order valence-corrected chi connectivity index (χ3v) is 3.31. The number of pyridine rings is 1. The predicted octanol–water partition coefficient (Wildman–Crippen LogP) is 1.80. The highest BCUT2D eigenvalue weighted by Crippen LogP contribution is 2.22. The van der Waals surface area contributed by atoms with E-state index in [1.54, 1.807) is 6.92 Å². The van der Waals surface area contributed by atoms with Crippen LogP contribution in [-0.4, -0.2) is 25.6 Å². The van der Waals surface area contributed by atoms with Crippen LogP contribution in [0.15, 0.2) is 29.6 Å². The van der Waals surface area contributed by atoms with Crippen molar-refractivity contribution in [3.8, 4) is 0 Å². The smallest absolute Gasteiger partial charge is 0.196 e. The Morgan fingerprint density at radius 1 is 1.47 bits per heavy atom. The fourth-order valence-corrected chi connectivity index (χ4v) is 1.98. The number of rotatable bonds is 3. The molecule has 5 heteroatoms. The quantitative estimate of drug-likeness (QED) is 0.741. The lowest BCUT2D eigenvalue weighted by Gasteiger charge is -2.04. The molecule has 0 radical (unpaired) electrons. The second kappa shape index (κ2) is 4.02. The Bertz CT molecular complexity index is 494. The number of fused-ring (bicyclic) bond motifs is 1. The van der Waals surface area contributed by atoms with Crippen LogP contribution in [0.4, 0.5) is 0 Å². The van der Waals surface area contributed by atoms with E-state index in [-0.39, 0.29) is 11.0 Å². The lowest BCUT2D eigenvalue weighted by molar-refractivity contribution is -0.116. The molecule has 1 atom stereocenters. The van der Waals surface area contributed by atoms with Gasteiger partial charge < -0.3 is 0 Å². The van der Waals surface area contributed by atoms with E-state index in [9.17, 15) is 4.79 Å². The van der Waals surface area contributed by atoms with Crippen molar-refractivity contribution in [2.24, 2.45) is 0 Å². The van der Waals surface area contributed by atoms with Gasteiger partial charge in [0.1, 0.15) is 5.78 Å². The van der Waals surface area contributed by atoms with Crippen LogP contribution in [0.5, 0.6) is 0 Å². The Hall–Kier alpha value is -1.36. The maximum Gasteiger partial charge on any atom is 0.196 e. The van der Waals surface area contributed by atoms with Gasteiger partial charge in [-0.3, -0.25) is 9.20 Å². The van der Waals surface area contributed by atoms with Gasteiger partial charge in [0.25, 0.3) is 0 Å². The molecule has 2 aromatic rings. The highest BCUT2D eigenvalue weighted by molar-refractivity contribution is 8.00. The topological polar surface area (TPSA) is 47.3 Å². The van der Waals surface area contributed by atoms with Crippen molar-refractivity contribution in [1.82, 2.24) is 14.6 Å². The minimum absolute atomic E-state index is 0.0855. The number of hydrogen-bond acceptors (Lipinski definition) is 4. The van der Waals surface area contributed by atoms with Crippen LogP contribution < -0.4 is 0 Å². The molecule has 2 heterocycles. The summed E-state index contributed by atoms with van der Waals surface area (Å²) in [6, 6.07) is 5.71. The molecule has 2 aromatic heterocycles. The van der Waals surface area contributed by atoms with Gasteiger partial charge in [0.05, 0.1) is 5.25 Å². The van der Waals surface area contributed by atoms with Gasteiger partial charge in [-0.1, -0.05) is 17.8 Å². The molecule has 0 aliphatic carbocycles. The molecule has 2 rings (SSSR count). The summed E-state index contributed by atoms with van der Waals surface area (Å²) in [4.78, 5) is 11.1. The van der Waals surface area contributed by atoms with Crippen LogP contribution in [0.1, 0.15) is 13.8 Å². The third-order valence-electron chi connectivity index (χ3n) is 2.14. The largest absolute Gasteiger partial charge is 0.299 e. The minimum Gasteiger partial charge on any atom is -0.299 e. The van der Waals surface area contributed by atoms with E-state index >= 15 is 0 Å². The average molecular weight is 221 g/mol. The molecule has 0 saturated heterocycles.